The first kappa shape index (κ1) is 12.0. The number of nitrogens with zero attached hydrogens (tertiary/aromatic N) is 3. The zero-order chi connectivity index (χ0) is 13.7. The number of rotatable bonds is 1. The average Bonchev–Trinajstić information content (AvgIpc) is 2.77. The summed E-state index contributed by atoms with van der Waals surface area (Å²) in [5.41, 5.74) is 1.24. The zero-order valence-corrected chi connectivity index (χ0v) is 11.3. The van der Waals surface area contributed by atoms with Crippen molar-refractivity contribution >= 4 is 28.3 Å². The third-order valence-electron chi connectivity index (χ3n) is 3.36. The van der Waals surface area contributed by atoms with Crippen LogP contribution in [0.15, 0.2) is 33.9 Å². The van der Waals surface area contributed by atoms with Gasteiger partial charge >= 0.3 is 5.69 Å². The lowest BCUT2D eigenvalue weighted by atomic mass is 10.3. The van der Waals surface area contributed by atoms with E-state index in [0.29, 0.717) is 12.2 Å². The fraction of sp³-hybridized carbons (Fsp3) is 0.231. The number of aromatic nitrogens is 3. The molecule has 2 heterocycles. The SMILES string of the molecule is CCn1c2ccccc2n2c(=O)n(C)c(=O)c(Cl)c12. The lowest BCUT2D eigenvalue weighted by molar-refractivity contribution is 0.745. The Morgan fingerprint density at radius 3 is 2.42 bits per heavy atom. The van der Waals surface area contributed by atoms with Crippen molar-refractivity contribution in [3.05, 3.63) is 50.1 Å². The summed E-state index contributed by atoms with van der Waals surface area (Å²) in [4.78, 5) is 24.3. The molecular formula is C13H12ClN3O2. The molecule has 0 N–H and O–H groups in total. The van der Waals surface area contributed by atoms with Gasteiger partial charge in [0.05, 0.1) is 11.0 Å². The molecule has 3 aromatic rings. The molecule has 0 unspecified atom stereocenters. The second-order valence-corrected chi connectivity index (χ2v) is 4.73. The van der Waals surface area contributed by atoms with E-state index in [1.54, 1.807) is 0 Å². The van der Waals surface area contributed by atoms with E-state index in [-0.39, 0.29) is 10.7 Å². The zero-order valence-electron chi connectivity index (χ0n) is 10.6. The van der Waals surface area contributed by atoms with Gasteiger partial charge in [-0.3, -0.25) is 9.36 Å². The molecule has 6 heteroatoms. The van der Waals surface area contributed by atoms with Crippen LogP contribution < -0.4 is 11.2 Å². The van der Waals surface area contributed by atoms with Gasteiger partial charge in [-0.25, -0.2) is 9.20 Å². The van der Waals surface area contributed by atoms with Crippen molar-refractivity contribution in [2.45, 2.75) is 13.5 Å². The predicted molar refractivity (Wildman–Crippen MR) is 75.1 cm³/mol. The van der Waals surface area contributed by atoms with E-state index < -0.39 is 5.56 Å². The molecule has 0 fully saturated rings. The number of para-hydroxylation sites is 2. The Bertz CT molecular complexity index is 917. The molecule has 0 radical (unpaired) electrons. The van der Waals surface area contributed by atoms with Crippen LogP contribution in [0.5, 0.6) is 0 Å². The van der Waals surface area contributed by atoms with Crippen LogP contribution in [0.4, 0.5) is 0 Å². The Balaban J connectivity index is 2.80. The van der Waals surface area contributed by atoms with Gasteiger partial charge < -0.3 is 4.57 Å². The molecule has 0 amide bonds. The van der Waals surface area contributed by atoms with Crippen LogP contribution in [-0.2, 0) is 13.6 Å². The minimum Gasteiger partial charge on any atom is -0.324 e. The first-order chi connectivity index (χ1) is 9.07. The largest absolute Gasteiger partial charge is 0.337 e. The highest BCUT2D eigenvalue weighted by atomic mass is 35.5. The van der Waals surface area contributed by atoms with Crippen molar-refractivity contribution in [2.75, 3.05) is 0 Å². The quantitative estimate of drug-likeness (QED) is 0.679. The summed E-state index contributed by atoms with van der Waals surface area (Å²) in [5.74, 6) is 0. The van der Waals surface area contributed by atoms with E-state index in [0.717, 1.165) is 15.6 Å². The van der Waals surface area contributed by atoms with Crippen LogP contribution in [-0.4, -0.2) is 13.5 Å². The van der Waals surface area contributed by atoms with E-state index in [1.165, 1.54) is 11.4 Å². The molecule has 0 spiro atoms. The Labute approximate surface area is 113 Å². The van der Waals surface area contributed by atoms with Crippen molar-refractivity contribution in [2.24, 2.45) is 7.05 Å². The summed E-state index contributed by atoms with van der Waals surface area (Å²) in [6, 6.07) is 7.50. The Hall–Kier alpha value is -2.01. The van der Waals surface area contributed by atoms with Crippen LogP contribution in [0.25, 0.3) is 16.7 Å². The first-order valence-electron chi connectivity index (χ1n) is 5.96. The predicted octanol–water partition coefficient (Wildman–Crippen LogP) is 1.63. The van der Waals surface area contributed by atoms with E-state index in [1.807, 2.05) is 35.8 Å². The molecule has 0 saturated heterocycles. The summed E-state index contributed by atoms with van der Waals surface area (Å²) in [6.07, 6.45) is 0. The van der Waals surface area contributed by atoms with Gasteiger partial charge in [0.25, 0.3) is 5.56 Å². The number of halogens is 1. The Morgan fingerprint density at radius 2 is 1.79 bits per heavy atom. The molecule has 5 nitrogen and oxygen atoms in total. The molecule has 0 atom stereocenters. The maximum Gasteiger partial charge on any atom is 0.337 e. The average molecular weight is 278 g/mol. The number of aryl methyl sites for hydroxylation is 1. The van der Waals surface area contributed by atoms with Gasteiger partial charge in [-0.2, -0.15) is 0 Å². The smallest absolute Gasteiger partial charge is 0.324 e. The van der Waals surface area contributed by atoms with Gasteiger partial charge in [0.1, 0.15) is 10.7 Å². The van der Waals surface area contributed by atoms with Crippen LogP contribution in [0.2, 0.25) is 5.02 Å². The number of hydrogen-bond donors (Lipinski definition) is 0. The van der Waals surface area contributed by atoms with Crippen molar-refractivity contribution in [3.8, 4) is 0 Å². The van der Waals surface area contributed by atoms with Crippen molar-refractivity contribution in [1.82, 2.24) is 13.5 Å². The van der Waals surface area contributed by atoms with Crippen molar-refractivity contribution in [3.63, 3.8) is 0 Å². The Kier molecular flexibility index (Phi) is 2.53. The molecule has 2 aromatic heterocycles. The second-order valence-electron chi connectivity index (χ2n) is 4.35. The minimum atomic E-state index is -0.468. The minimum absolute atomic E-state index is 0.0696. The molecule has 0 bridgehead atoms. The number of fused-ring (bicyclic) bond motifs is 3. The topological polar surface area (TPSA) is 48.4 Å². The standard InChI is InChI=1S/C13H12ClN3O2/c1-3-16-8-6-4-5-7-9(8)17-11(16)10(14)12(18)15(2)13(17)19/h4-7H,3H2,1-2H3. The van der Waals surface area contributed by atoms with E-state index in [2.05, 4.69) is 0 Å². The van der Waals surface area contributed by atoms with Crippen molar-refractivity contribution < 1.29 is 0 Å². The number of imidazole rings is 1. The lowest BCUT2D eigenvalue weighted by Crippen LogP contribution is -2.35. The first-order valence-corrected chi connectivity index (χ1v) is 6.34. The van der Waals surface area contributed by atoms with Crippen molar-refractivity contribution in [1.29, 1.82) is 0 Å². The van der Waals surface area contributed by atoms with Gasteiger partial charge in [0.15, 0.2) is 0 Å². The van der Waals surface area contributed by atoms with Gasteiger partial charge in [-0.05, 0) is 19.1 Å². The highest BCUT2D eigenvalue weighted by Crippen LogP contribution is 2.22. The van der Waals surface area contributed by atoms with Gasteiger partial charge in [-0.15, -0.1) is 0 Å². The lowest BCUT2D eigenvalue weighted by Gasteiger charge is -2.04. The van der Waals surface area contributed by atoms with Crippen LogP contribution in [0.1, 0.15) is 6.92 Å². The highest BCUT2D eigenvalue weighted by Gasteiger charge is 2.18. The molecule has 0 saturated carbocycles. The van der Waals surface area contributed by atoms with Gasteiger partial charge in [0.2, 0.25) is 0 Å². The summed E-state index contributed by atoms with van der Waals surface area (Å²) < 4.78 is 4.39. The van der Waals surface area contributed by atoms with Crippen LogP contribution in [0.3, 0.4) is 0 Å². The maximum atomic E-state index is 12.3. The highest BCUT2D eigenvalue weighted by molar-refractivity contribution is 6.33. The molecule has 0 aliphatic heterocycles. The van der Waals surface area contributed by atoms with Gasteiger partial charge in [-0.1, -0.05) is 23.7 Å². The number of hydrogen-bond acceptors (Lipinski definition) is 2. The summed E-state index contributed by atoms with van der Waals surface area (Å²) in [5, 5.41) is 0.0696. The monoisotopic (exact) mass is 277 g/mol. The van der Waals surface area contributed by atoms with Crippen LogP contribution >= 0.6 is 11.6 Å². The van der Waals surface area contributed by atoms with E-state index in [4.69, 9.17) is 11.6 Å². The number of benzene rings is 1. The fourth-order valence-corrected chi connectivity index (χ4v) is 2.75. The molecule has 1 aromatic carbocycles. The molecule has 98 valence electrons. The summed E-state index contributed by atoms with van der Waals surface area (Å²) >= 11 is 6.14. The third-order valence-corrected chi connectivity index (χ3v) is 3.69. The molecule has 19 heavy (non-hydrogen) atoms. The molecule has 0 aliphatic carbocycles. The summed E-state index contributed by atoms with van der Waals surface area (Å²) in [6.45, 7) is 2.58. The molecular weight excluding hydrogens is 266 g/mol. The van der Waals surface area contributed by atoms with Gasteiger partial charge in [0, 0.05) is 13.6 Å². The molecule has 3 rings (SSSR count). The maximum absolute atomic E-state index is 12.3. The fourth-order valence-electron chi connectivity index (χ4n) is 2.44. The van der Waals surface area contributed by atoms with E-state index >= 15 is 0 Å². The summed E-state index contributed by atoms with van der Waals surface area (Å²) in [7, 11) is 1.43. The van der Waals surface area contributed by atoms with Crippen LogP contribution in [0, 0.1) is 0 Å². The normalized spacial score (nSPS) is 11.5. The second kappa shape index (κ2) is 3.99. The molecule has 0 aliphatic rings. The Morgan fingerprint density at radius 1 is 1.16 bits per heavy atom. The third kappa shape index (κ3) is 1.42. The van der Waals surface area contributed by atoms with E-state index in [9.17, 15) is 9.59 Å².